The zero-order chi connectivity index (χ0) is 13.3. The fraction of sp³-hybridized carbons (Fsp3) is 0. The van der Waals surface area contributed by atoms with E-state index in [1.165, 1.54) is 6.08 Å². The Kier molecular flexibility index (Phi) is 4.41. The second-order valence-electron chi connectivity index (χ2n) is 3.68. The van der Waals surface area contributed by atoms with Crippen LogP contribution in [0.25, 0.3) is 6.08 Å². The largest absolute Gasteiger partial charge is 0.193 e. The van der Waals surface area contributed by atoms with Crippen LogP contribution < -0.4 is 0 Å². The first-order valence-corrected chi connectivity index (χ1v) is 5.77. The van der Waals surface area contributed by atoms with E-state index in [0.29, 0.717) is 0 Å². The summed E-state index contributed by atoms with van der Waals surface area (Å²) in [6.45, 7) is 0. The standard InChI is InChI=1S/C16H11N3/c17-12-6-8-14-7-4-5-11-16(14)19-13-18-15-9-2-1-3-10-15/h1-11H/b8-6+. The minimum Gasteiger partial charge on any atom is -0.193 e. The average molecular weight is 245 g/mol. The van der Waals surface area contributed by atoms with Crippen LogP contribution in [0, 0.1) is 11.3 Å². The van der Waals surface area contributed by atoms with Gasteiger partial charge < -0.3 is 0 Å². The molecule has 0 radical (unpaired) electrons. The van der Waals surface area contributed by atoms with E-state index in [1.807, 2.05) is 60.7 Å². The number of allylic oxidation sites excluding steroid dienone is 1. The summed E-state index contributed by atoms with van der Waals surface area (Å²) in [7, 11) is 0. The van der Waals surface area contributed by atoms with E-state index >= 15 is 0 Å². The van der Waals surface area contributed by atoms with Crippen molar-refractivity contribution in [2.45, 2.75) is 0 Å². The average Bonchev–Trinajstić information content (AvgIpc) is 2.47. The quantitative estimate of drug-likeness (QED) is 0.585. The van der Waals surface area contributed by atoms with Crippen molar-refractivity contribution < 1.29 is 0 Å². The van der Waals surface area contributed by atoms with E-state index in [1.54, 1.807) is 6.08 Å². The van der Waals surface area contributed by atoms with Crippen molar-refractivity contribution in [1.82, 2.24) is 0 Å². The zero-order valence-corrected chi connectivity index (χ0v) is 10.2. The molecule has 19 heavy (non-hydrogen) atoms. The van der Waals surface area contributed by atoms with E-state index in [0.717, 1.165) is 16.9 Å². The van der Waals surface area contributed by atoms with Crippen LogP contribution in [0.5, 0.6) is 0 Å². The van der Waals surface area contributed by atoms with Gasteiger partial charge in [0.2, 0.25) is 0 Å². The number of hydrogen-bond donors (Lipinski definition) is 0. The highest BCUT2D eigenvalue weighted by Crippen LogP contribution is 2.19. The summed E-state index contributed by atoms with van der Waals surface area (Å²) < 4.78 is 0. The first kappa shape index (κ1) is 12.5. The lowest BCUT2D eigenvalue weighted by Crippen LogP contribution is -1.73. The number of aliphatic imine (C=N–C) groups is 2. The summed E-state index contributed by atoms with van der Waals surface area (Å²) >= 11 is 0. The maximum atomic E-state index is 8.54. The summed E-state index contributed by atoms with van der Waals surface area (Å²) in [6.07, 6.45) is 3.13. The monoisotopic (exact) mass is 245 g/mol. The Balaban J connectivity index is 2.27. The molecule has 0 aliphatic rings. The van der Waals surface area contributed by atoms with Crippen molar-refractivity contribution in [2.24, 2.45) is 9.98 Å². The van der Waals surface area contributed by atoms with Crippen LogP contribution in [0.4, 0.5) is 11.4 Å². The summed E-state index contributed by atoms with van der Waals surface area (Å²) in [6, 6.07) is 21.6. The lowest BCUT2D eigenvalue weighted by molar-refractivity contribution is 1.48. The van der Waals surface area contributed by atoms with Crippen molar-refractivity contribution in [1.29, 1.82) is 5.26 Å². The molecule has 0 atom stereocenters. The molecule has 2 rings (SSSR count). The van der Waals surface area contributed by atoms with Crippen LogP contribution in [0.15, 0.2) is 70.7 Å². The molecule has 0 fully saturated rings. The number of para-hydroxylation sites is 2. The van der Waals surface area contributed by atoms with Crippen molar-refractivity contribution in [2.75, 3.05) is 0 Å². The Hall–Kier alpha value is -2.95. The summed E-state index contributed by atoms with van der Waals surface area (Å²) in [4.78, 5) is 8.29. The molecular weight excluding hydrogens is 234 g/mol. The highest BCUT2D eigenvalue weighted by atomic mass is 14.8. The number of hydrogen-bond acceptors (Lipinski definition) is 3. The van der Waals surface area contributed by atoms with Crippen molar-refractivity contribution >= 4 is 23.5 Å². The van der Waals surface area contributed by atoms with E-state index in [4.69, 9.17) is 5.26 Å². The maximum Gasteiger partial charge on any atom is 0.100 e. The molecule has 3 nitrogen and oxygen atoms in total. The molecule has 0 amide bonds. The van der Waals surface area contributed by atoms with Gasteiger partial charge in [0.1, 0.15) is 6.01 Å². The molecule has 0 heterocycles. The Labute approximate surface area is 111 Å². The Bertz CT molecular complexity index is 673. The van der Waals surface area contributed by atoms with Crippen LogP contribution in [0.2, 0.25) is 0 Å². The third-order valence-electron chi connectivity index (χ3n) is 2.38. The van der Waals surface area contributed by atoms with E-state index in [9.17, 15) is 0 Å². The van der Waals surface area contributed by atoms with Gasteiger partial charge in [0, 0.05) is 11.6 Å². The number of nitrogens with zero attached hydrogens (tertiary/aromatic N) is 3. The van der Waals surface area contributed by atoms with Crippen LogP contribution in [0.3, 0.4) is 0 Å². The van der Waals surface area contributed by atoms with Crippen LogP contribution in [-0.4, -0.2) is 6.01 Å². The molecule has 0 spiro atoms. The van der Waals surface area contributed by atoms with Crippen LogP contribution in [0.1, 0.15) is 5.56 Å². The third kappa shape index (κ3) is 3.78. The third-order valence-corrected chi connectivity index (χ3v) is 2.38. The van der Waals surface area contributed by atoms with Gasteiger partial charge in [0.05, 0.1) is 17.4 Å². The number of nitriles is 1. The first-order valence-electron chi connectivity index (χ1n) is 5.77. The molecular formula is C16H11N3. The van der Waals surface area contributed by atoms with Gasteiger partial charge in [0.25, 0.3) is 0 Å². The Morgan fingerprint density at radius 1 is 0.895 bits per heavy atom. The summed E-state index contributed by atoms with van der Waals surface area (Å²) in [5.74, 6) is 0. The molecule has 0 bridgehead atoms. The van der Waals surface area contributed by atoms with Crippen molar-refractivity contribution in [3.8, 4) is 6.07 Å². The molecule has 3 heteroatoms. The van der Waals surface area contributed by atoms with Gasteiger partial charge in [-0.15, -0.1) is 0 Å². The molecule has 90 valence electrons. The topological polar surface area (TPSA) is 48.5 Å². The normalized spacial score (nSPS) is 9.63. The summed E-state index contributed by atoms with van der Waals surface area (Å²) in [5, 5.41) is 8.54. The van der Waals surface area contributed by atoms with Crippen molar-refractivity contribution in [3.05, 3.63) is 66.2 Å². The number of benzene rings is 2. The summed E-state index contributed by atoms with van der Waals surface area (Å²) in [5.41, 5.74) is 2.39. The zero-order valence-electron chi connectivity index (χ0n) is 10.2. The van der Waals surface area contributed by atoms with Gasteiger partial charge in [-0.05, 0) is 24.3 Å². The van der Waals surface area contributed by atoms with Gasteiger partial charge in [-0.25, -0.2) is 0 Å². The highest BCUT2D eigenvalue weighted by molar-refractivity contribution is 5.68. The predicted molar refractivity (Wildman–Crippen MR) is 76.7 cm³/mol. The van der Waals surface area contributed by atoms with Gasteiger partial charge in [0.15, 0.2) is 0 Å². The van der Waals surface area contributed by atoms with Crippen LogP contribution >= 0.6 is 0 Å². The predicted octanol–water partition coefficient (Wildman–Crippen LogP) is 4.36. The smallest absolute Gasteiger partial charge is 0.100 e. The molecule has 0 saturated heterocycles. The molecule has 0 saturated carbocycles. The molecule has 0 N–H and O–H groups in total. The van der Waals surface area contributed by atoms with Crippen LogP contribution in [-0.2, 0) is 0 Å². The minimum atomic E-state index is 0.730. The molecule has 2 aromatic rings. The van der Waals surface area contributed by atoms with E-state index in [-0.39, 0.29) is 0 Å². The molecule has 0 aliphatic carbocycles. The fourth-order valence-corrected chi connectivity index (χ4v) is 1.50. The second-order valence-corrected chi connectivity index (χ2v) is 3.68. The lowest BCUT2D eigenvalue weighted by atomic mass is 10.2. The van der Waals surface area contributed by atoms with Gasteiger partial charge in [-0.3, -0.25) is 0 Å². The molecule has 2 aromatic carbocycles. The van der Waals surface area contributed by atoms with E-state index in [2.05, 4.69) is 16.0 Å². The fourth-order valence-electron chi connectivity index (χ4n) is 1.50. The highest BCUT2D eigenvalue weighted by Gasteiger charge is 1.94. The molecule has 0 unspecified atom stereocenters. The van der Waals surface area contributed by atoms with Gasteiger partial charge >= 0.3 is 0 Å². The van der Waals surface area contributed by atoms with Gasteiger partial charge in [-0.1, -0.05) is 36.4 Å². The first-order chi connectivity index (χ1) is 9.40. The van der Waals surface area contributed by atoms with Gasteiger partial charge in [-0.2, -0.15) is 15.2 Å². The maximum absolute atomic E-state index is 8.54. The SMILES string of the molecule is N#C/C=C/c1ccccc1N=C=Nc1ccccc1. The molecule has 0 aromatic heterocycles. The van der Waals surface area contributed by atoms with Crippen molar-refractivity contribution in [3.63, 3.8) is 0 Å². The second kappa shape index (κ2) is 6.70. The Morgan fingerprint density at radius 3 is 2.42 bits per heavy atom. The minimum absolute atomic E-state index is 0.730. The Morgan fingerprint density at radius 2 is 1.63 bits per heavy atom. The number of rotatable bonds is 3. The van der Waals surface area contributed by atoms with E-state index < -0.39 is 0 Å². The lowest BCUT2D eigenvalue weighted by Gasteiger charge is -1.96. The molecule has 0 aliphatic heterocycles.